The molecule has 1 atom stereocenters. The van der Waals surface area contributed by atoms with Crippen LogP contribution < -0.4 is 10.6 Å². The Morgan fingerprint density at radius 3 is 2.62 bits per heavy atom. The Balaban J connectivity index is 1.52. The zero-order valence-electron chi connectivity index (χ0n) is 14.3. The van der Waals surface area contributed by atoms with Crippen LogP contribution in [-0.2, 0) is 16.1 Å². The standard InChI is InChI=1S/C20H19N3O3/c1-14(22-20(25)26-13-15-7-3-2-4-8-15)19(24)23-17-11-16-9-5-6-10-18(16)21-12-17/h2-12,14H,13H2,1H3,(H,22,25)(H,23,24). The van der Waals surface area contributed by atoms with Crippen molar-refractivity contribution < 1.29 is 14.3 Å². The van der Waals surface area contributed by atoms with Crippen LogP contribution in [0.25, 0.3) is 10.9 Å². The Hall–Kier alpha value is -3.41. The summed E-state index contributed by atoms with van der Waals surface area (Å²) in [5, 5.41) is 6.18. The molecular weight excluding hydrogens is 330 g/mol. The zero-order valence-corrected chi connectivity index (χ0v) is 14.3. The number of carbonyl (C=O) groups is 2. The van der Waals surface area contributed by atoms with Crippen LogP contribution in [0.3, 0.4) is 0 Å². The van der Waals surface area contributed by atoms with Crippen LogP contribution in [-0.4, -0.2) is 23.0 Å². The number of anilines is 1. The summed E-state index contributed by atoms with van der Waals surface area (Å²) in [4.78, 5) is 28.4. The number of hydrogen-bond donors (Lipinski definition) is 2. The van der Waals surface area contributed by atoms with E-state index in [1.165, 1.54) is 0 Å². The molecule has 0 aliphatic carbocycles. The average molecular weight is 349 g/mol. The van der Waals surface area contributed by atoms with E-state index in [9.17, 15) is 9.59 Å². The first-order valence-corrected chi connectivity index (χ1v) is 8.25. The molecule has 26 heavy (non-hydrogen) atoms. The highest BCUT2D eigenvalue weighted by Crippen LogP contribution is 2.16. The molecule has 0 bridgehead atoms. The van der Waals surface area contributed by atoms with Crippen LogP contribution in [0.15, 0.2) is 66.9 Å². The van der Waals surface area contributed by atoms with Crippen LogP contribution in [0.5, 0.6) is 0 Å². The van der Waals surface area contributed by atoms with Gasteiger partial charge >= 0.3 is 6.09 Å². The Morgan fingerprint density at radius 1 is 1.08 bits per heavy atom. The van der Waals surface area contributed by atoms with Crippen molar-refractivity contribution in [3.05, 3.63) is 72.4 Å². The first kappa shape index (κ1) is 17.4. The monoisotopic (exact) mass is 349 g/mol. The number of carbonyl (C=O) groups excluding carboxylic acids is 2. The van der Waals surface area contributed by atoms with E-state index in [0.717, 1.165) is 16.5 Å². The van der Waals surface area contributed by atoms with E-state index in [4.69, 9.17) is 4.74 Å². The van der Waals surface area contributed by atoms with Gasteiger partial charge in [0.25, 0.3) is 0 Å². The van der Waals surface area contributed by atoms with Crippen LogP contribution in [0.2, 0.25) is 0 Å². The van der Waals surface area contributed by atoms with Crippen LogP contribution >= 0.6 is 0 Å². The summed E-state index contributed by atoms with van der Waals surface area (Å²) in [6, 6.07) is 18.0. The second kappa shape index (κ2) is 8.11. The number of aromatic nitrogens is 1. The molecule has 3 aromatic rings. The van der Waals surface area contributed by atoms with E-state index in [-0.39, 0.29) is 12.5 Å². The summed E-state index contributed by atoms with van der Waals surface area (Å²) in [6.45, 7) is 1.74. The second-order valence-corrected chi connectivity index (χ2v) is 5.83. The van der Waals surface area contributed by atoms with Crippen LogP contribution in [0, 0.1) is 0 Å². The largest absolute Gasteiger partial charge is 0.445 e. The molecule has 2 N–H and O–H groups in total. The fourth-order valence-corrected chi connectivity index (χ4v) is 2.40. The highest BCUT2D eigenvalue weighted by Gasteiger charge is 2.16. The molecule has 0 fully saturated rings. The van der Waals surface area contributed by atoms with Crippen molar-refractivity contribution in [3.8, 4) is 0 Å². The van der Waals surface area contributed by atoms with Crippen molar-refractivity contribution in [2.45, 2.75) is 19.6 Å². The van der Waals surface area contributed by atoms with Gasteiger partial charge in [-0.15, -0.1) is 0 Å². The lowest BCUT2D eigenvalue weighted by molar-refractivity contribution is -0.117. The maximum Gasteiger partial charge on any atom is 0.408 e. The first-order valence-electron chi connectivity index (χ1n) is 8.25. The quantitative estimate of drug-likeness (QED) is 0.739. The van der Waals surface area contributed by atoms with Gasteiger partial charge in [0.1, 0.15) is 12.6 Å². The molecule has 0 spiro atoms. The van der Waals surface area contributed by atoms with Crippen molar-refractivity contribution in [3.63, 3.8) is 0 Å². The number of pyridine rings is 1. The number of ether oxygens (including phenoxy) is 1. The number of para-hydroxylation sites is 1. The molecule has 0 aliphatic heterocycles. The molecule has 0 aliphatic rings. The number of nitrogens with zero attached hydrogens (tertiary/aromatic N) is 1. The lowest BCUT2D eigenvalue weighted by atomic mass is 10.2. The number of hydrogen-bond acceptors (Lipinski definition) is 4. The molecule has 1 heterocycles. The number of benzene rings is 2. The molecule has 0 saturated heterocycles. The summed E-state index contributed by atoms with van der Waals surface area (Å²) >= 11 is 0. The van der Waals surface area contributed by atoms with Gasteiger partial charge in [-0.25, -0.2) is 4.79 Å². The predicted octanol–water partition coefficient (Wildman–Crippen LogP) is 3.49. The number of amides is 2. The highest BCUT2D eigenvalue weighted by molar-refractivity contribution is 5.97. The van der Waals surface area contributed by atoms with Gasteiger partial charge in [-0.2, -0.15) is 0 Å². The molecule has 3 rings (SSSR count). The molecule has 132 valence electrons. The maximum atomic E-state index is 12.2. The van der Waals surface area contributed by atoms with Gasteiger partial charge in [0, 0.05) is 5.39 Å². The van der Waals surface area contributed by atoms with E-state index in [2.05, 4.69) is 15.6 Å². The third-order valence-corrected chi connectivity index (χ3v) is 3.80. The Kier molecular flexibility index (Phi) is 5.43. The van der Waals surface area contributed by atoms with E-state index in [0.29, 0.717) is 5.69 Å². The fraction of sp³-hybridized carbons (Fsp3) is 0.150. The van der Waals surface area contributed by atoms with E-state index < -0.39 is 12.1 Å². The summed E-state index contributed by atoms with van der Waals surface area (Å²) < 4.78 is 5.11. The zero-order chi connectivity index (χ0) is 18.4. The third-order valence-electron chi connectivity index (χ3n) is 3.80. The molecule has 0 saturated carbocycles. The number of rotatable bonds is 5. The minimum Gasteiger partial charge on any atom is -0.445 e. The van der Waals surface area contributed by atoms with Gasteiger partial charge in [-0.1, -0.05) is 48.5 Å². The molecule has 1 aromatic heterocycles. The normalized spacial score (nSPS) is 11.6. The summed E-state index contributed by atoms with van der Waals surface area (Å²) in [6.07, 6.45) is 0.939. The van der Waals surface area contributed by atoms with Gasteiger partial charge in [0.05, 0.1) is 17.4 Å². The number of fused-ring (bicyclic) bond motifs is 1. The number of alkyl carbamates (subject to hydrolysis) is 1. The Bertz CT molecular complexity index is 912. The van der Waals surface area contributed by atoms with Crippen molar-refractivity contribution in [1.29, 1.82) is 0 Å². The van der Waals surface area contributed by atoms with Gasteiger partial charge in [0.15, 0.2) is 0 Å². The molecule has 6 nitrogen and oxygen atoms in total. The van der Waals surface area contributed by atoms with Crippen molar-refractivity contribution in [1.82, 2.24) is 10.3 Å². The molecule has 1 unspecified atom stereocenters. The van der Waals surface area contributed by atoms with Gasteiger partial charge in [-0.05, 0) is 24.6 Å². The van der Waals surface area contributed by atoms with Crippen LogP contribution in [0.1, 0.15) is 12.5 Å². The predicted molar refractivity (Wildman–Crippen MR) is 99.6 cm³/mol. The maximum absolute atomic E-state index is 12.2. The molecule has 2 aromatic carbocycles. The van der Waals surface area contributed by atoms with Gasteiger partial charge in [0.2, 0.25) is 5.91 Å². The summed E-state index contributed by atoms with van der Waals surface area (Å²) in [7, 11) is 0. The van der Waals surface area contributed by atoms with Crippen molar-refractivity contribution in [2.24, 2.45) is 0 Å². The second-order valence-electron chi connectivity index (χ2n) is 5.83. The SMILES string of the molecule is CC(NC(=O)OCc1ccccc1)C(=O)Nc1cnc2ccccc2c1. The lowest BCUT2D eigenvalue weighted by Crippen LogP contribution is -2.41. The van der Waals surface area contributed by atoms with Crippen LogP contribution in [0.4, 0.5) is 10.5 Å². The Morgan fingerprint density at radius 2 is 1.81 bits per heavy atom. The highest BCUT2D eigenvalue weighted by atomic mass is 16.5. The van der Waals surface area contributed by atoms with Crippen molar-refractivity contribution in [2.75, 3.05) is 5.32 Å². The van der Waals surface area contributed by atoms with Crippen molar-refractivity contribution >= 4 is 28.6 Å². The van der Waals surface area contributed by atoms with E-state index in [1.807, 2.05) is 60.7 Å². The molecule has 0 radical (unpaired) electrons. The molecule has 6 heteroatoms. The van der Waals surface area contributed by atoms with E-state index in [1.54, 1.807) is 13.1 Å². The molecule has 2 amide bonds. The third kappa shape index (κ3) is 4.57. The average Bonchev–Trinajstić information content (AvgIpc) is 2.67. The fourth-order valence-electron chi connectivity index (χ4n) is 2.40. The molecular formula is C20H19N3O3. The Labute approximate surface area is 151 Å². The van der Waals surface area contributed by atoms with E-state index >= 15 is 0 Å². The number of nitrogens with one attached hydrogen (secondary N) is 2. The smallest absolute Gasteiger partial charge is 0.408 e. The topological polar surface area (TPSA) is 80.3 Å². The summed E-state index contributed by atoms with van der Waals surface area (Å²) in [5.41, 5.74) is 2.29. The first-order chi connectivity index (χ1) is 12.6. The minimum absolute atomic E-state index is 0.148. The van der Waals surface area contributed by atoms with Gasteiger partial charge in [-0.3, -0.25) is 9.78 Å². The lowest BCUT2D eigenvalue weighted by Gasteiger charge is -2.14. The minimum atomic E-state index is -0.746. The summed E-state index contributed by atoms with van der Waals surface area (Å²) in [5.74, 6) is -0.348. The van der Waals surface area contributed by atoms with Gasteiger partial charge < -0.3 is 15.4 Å².